The van der Waals surface area contributed by atoms with Gasteiger partial charge in [-0.3, -0.25) is 9.59 Å². The first-order valence-electron chi connectivity index (χ1n) is 8.63. The highest BCUT2D eigenvalue weighted by atomic mass is 32.2. The van der Waals surface area contributed by atoms with Crippen LogP contribution in [0, 0.1) is 5.82 Å². The van der Waals surface area contributed by atoms with Crippen molar-refractivity contribution in [3.05, 3.63) is 53.8 Å². The van der Waals surface area contributed by atoms with Gasteiger partial charge in [0.05, 0.1) is 31.4 Å². The standard InChI is InChI=1S/C20H23FN2O4S/c1-26-17-8-7-14(11-18(17)27-2)9-10-22-19(24)12-28-13-20(25)23-16-6-4-3-5-15(16)21/h3-8,11H,9-10,12-13H2,1-2H3,(H,22,24)(H,23,25). The van der Waals surface area contributed by atoms with Crippen LogP contribution >= 0.6 is 11.8 Å². The number of benzene rings is 2. The fraction of sp³-hybridized carbons (Fsp3) is 0.300. The molecule has 150 valence electrons. The Labute approximate surface area is 167 Å². The van der Waals surface area contributed by atoms with Gasteiger partial charge in [-0.15, -0.1) is 11.8 Å². The second-order valence-electron chi connectivity index (χ2n) is 5.81. The maximum Gasteiger partial charge on any atom is 0.234 e. The Hall–Kier alpha value is -2.74. The molecule has 2 amide bonds. The molecule has 2 N–H and O–H groups in total. The first-order valence-corrected chi connectivity index (χ1v) is 9.78. The molecular weight excluding hydrogens is 383 g/mol. The molecule has 0 aromatic heterocycles. The highest BCUT2D eigenvalue weighted by Gasteiger charge is 2.09. The van der Waals surface area contributed by atoms with Crippen molar-refractivity contribution in [3.63, 3.8) is 0 Å². The van der Waals surface area contributed by atoms with E-state index < -0.39 is 5.82 Å². The van der Waals surface area contributed by atoms with Gasteiger partial charge < -0.3 is 20.1 Å². The molecule has 0 atom stereocenters. The van der Waals surface area contributed by atoms with E-state index in [9.17, 15) is 14.0 Å². The van der Waals surface area contributed by atoms with Crippen molar-refractivity contribution >= 4 is 29.3 Å². The van der Waals surface area contributed by atoms with Crippen LogP contribution in [0.4, 0.5) is 10.1 Å². The molecule has 6 nitrogen and oxygen atoms in total. The first-order chi connectivity index (χ1) is 13.5. The van der Waals surface area contributed by atoms with Crippen LogP contribution < -0.4 is 20.1 Å². The van der Waals surface area contributed by atoms with Gasteiger partial charge in [0.2, 0.25) is 11.8 Å². The second kappa shape index (κ2) is 11.2. The molecule has 2 aromatic carbocycles. The summed E-state index contributed by atoms with van der Waals surface area (Å²) in [7, 11) is 3.15. The van der Waals surface area contributed by atoms with Crippen molar-refractivity contribution in [3.8, 4) is 11.5 Å². The summed E-state index contributed by atoms with van der Waals surface area (Å²) in [4.78, 5) is 23.7. The first kappa shape index (κ1) is 21.6. The molecule has 0 heterocycles. The Morgan fingerprint density at radius 1 is 1.00 bits per heavy atom. The van der Waals surface area contributed by atoms with Gasteiger partial charge in [-0.1, -0.05) is 18.2 Å². The third kappa shape index (κ3) is 6.77. The molecule has 0 aliphatic heterocycles. The number of ether oxygens (including phenoxy) is 2. The lowest BCUT2D eigenvalue weighted by molar-refractivity contribution is -0.118. The van der Waals surface area contributed by atoms with Gasteiger partial charge in [-0.05, 0) is 36.2 Å². The van der Waals surface area contributed by atoms with E-state index in [-0.39, 0.29) is 29.0 Å². The van der Waals surface area contributed by atoms with Gasteiger partial charge >= 0.3 is 0 Å². The van der Waals surface area contributed by atoms with Crippen LogP contribution in [-0.2, 0) is 16.0 Å². The van der Waals surface area contributed by atoms with E-state index in [4.69, 9.17) is 9.47 Å². The summed E-state index contributed by atoms with van der Waals surface area (Å²) in [6, 6.07) is 11.5. The molecule has 8 heteroatoms. The number of carbonyl (C=O) groups excluding carboxylic acids is 2. The number of hydrogen-bond donors (Lipinski definition) is 2. The SMILES string of the molecule is COc1ccc(CCNC(=O)CSCC(=O)Nc2ccccc2F)cc1OC. The van der Waals surface area contributed by atoms with Gasteiger partial charge in [0.25, 0.3) is 0 Å². The Kier molecular flexibility index (Phi) is 8.61. The minimum absolute atomic E-state index is 0.0669. The Balaban J connectivity index is 1.66. The molecule has 0 unspecified atom stereocenters. The van der Waals surface area contributed by atoms with E-state index >= 15 is 0 Å². The predicted octanol–water partition coefficient (Wildman–Crippen LogP) is 2.87. The summed E-state index contributed by atoms with van der Waals surface area (Å²) in [5.74, 6) is 0.503. The molecule has 0 aliphatic carbocycles. The average molecular weight is 406 g/mol. The monoisotopic (exact) mass is 406 g/mol. The average Bonchev–Trinajstić information content (AvgIpc) is 2.69. The molecule has 0 aliphatic rings. The largest absolute Gasteiger partial charge is 0.493 e. The lowest BCUT2D eigenvalue weighted by Crippen LogP contribution is -2.28. The van der Waals surface area contributed by atoms with Gasteiger partial charge in [-0.25, -0.2) is 4.39 Å². The molecule has 0 saturated carbocycles. The van der Waals surface area contributed by atoms with Crippen LogP contribution in [0.15, 0.2) is 42.5 Å². The minimum atomic E-state index is -0.492. The summed E-state index contributed by atoms with van der Waals surface area (Å²) < 4.78 is 23.9. The van der Waals surface area contributed by atoms with Crippen LogP contribution in [0.1, 0.15) is 5.56 Å². The molecule has 0 fully saturated rings. The Morgan fingerprint density at radius 3 is 2.43 bits per heavy atom. The maximum atomic E-state index is 13.5. The summed E-state index contributed by atoms with van der Waals surface area (Å²) in [5.41, 5.74) is 1.14. The zero-order valence-corrected chi connectivity index (χ0v) is 16.6. The molecule has 2 rings (SSSR count). The molecule has 28 heavy (non-hydrogen) atoms. The number of methoxy groups -OCH3 is 2. The van der Waals surface area contributed by atoms with Crippen molar-refractivity contribution in [2.45, 2.75) is 6.42 Å². The predicted molar refractivity (Wildman–Crippen MR) is 109 cm³/mol. The fourth-order valence-corrected chi connectivity index (χ4v) is 3.07. The smallest absolute Gasteiger partial charge is 0.234 e. The van der Waals surface area contributed by atoms with Gasteiger partial charge in [0.15, 0.2) is 11.5 Å². The normalized spacial score (nSPS) is 10.2. The Morgan fingerprint density at radius 2 is 1.71 bits per heavy atom. The number of halogens is 1. The number of rotatable bonds is 10. The highest BCUT2D eigenvalue weighted by Crippen LogP contribution is 2.27. The fourth-order valence-electron chi connectivity index (χ4n) is 2.42. The van der Waals surface area contributed by atoms with E-state index in [1.807, 2.05) is 18.2 Å². The van der Waals surface area contributed by atoms with Crippen LogP contribution in [-0.4, -0.2) is 44.1 Å². The lowest BCUT2D eigenvalue weighted by atomic mass is 10.1. The van der Waals surface area contributed by atoms with Gasteiger partial charge in [-0.2, -0.15) is 0 Å². The molecule has 0 spiro atoms. The zero-order valence-electron chi connectivity index (χ0n) is 15.8. The maximum absolute atomic E-state index is 13.5. The molecule has 0 saturated heterocycles. The van der Waals surface area contributed by atoms with Gasteiger partial charge in [0.1, 0.15) is 5.82 Å². The van der Waals surface area contributed by atoms with Gasteiger partial charge in [0, 0.05) is 6.54 Å². The summed E-state index contributed by atoms with van der Waals surface area (Å²) in [5, 5.41) is 5.29. The number of nitrogens with one attached hydrogen (secondary N) is 2. The molecule has 0 bridgehead atoms. The summed E-state index contributed by atoms with van der Waals surface area (Å²) >= 11 is 1.17. The molecule has 0 radical (unpaired) electrons. The zero-order chi connectivity index (χ0) is 20.4. The van der Waals surface area contributed by atoms with Crippen molar-refractivity contribution in [1.82, 2.24) is 5.32 Å². The van der Waals surface area contributed by atoms with Crippen molar-refractivity contribution in [2.75, 3.05) is 37.6 Å². The van der Waals surface area contributed by atoms with E-state index in [0.717, 1.165) is 5.56 Å². The quantitative estimate of drug-likeness (QED) is 0.635. The van der Waals surface area contributed by atoms with E-state index in [0.29, 0.717) is 24.5 Å². The number of hydrogen-bond acceptors (Lipinski definition) is 5. The van der Waals surface area contributed by atoms with Crippen LogP contribution in [0.3, 0.4) is 0 Å². The Bertz CT molecular complexity index is 817. The van der Waals surface area contributed by atoms with Crippen molar-refractivity contribution in [2.24, 2.45) is 0 Å². The highest BCUT2D eigenvalue weighted by molar-refractivity contribution is 8.00. The summed E-state index contributed by atoms with van der Waals surface area (Å²) in [6.45, 7) is 0.469. The number of carbonyl (C=O) groups is 2. The van der Waals surface area contributed by atoms with Crippen molar-refractivity contribution in [1.29, 1.82) is 0 Å². The number of thioether (sulfide) groups is 1. The lowest BCUT2D eigenvalue weighted by Gasteiger charge is -2.10. The number of anilines is 1. The number of para-hydroxylation sites is 1. The van der Waals surface area contributed by atoms with Crippen LogP contribution in [0.5, 0.6) is 11.5 Å². The topological polar surface area (TPSA) is 76.7 Å². The third-order valence-corrected chi connectivity index (χ3v) is 4.73. The van der Waals surface area contributed by atoms with Crippen molar-refractivity contribution < 1.29 is 23.5 Å². The van der Waals surface area contributed by atoms with E-state index in [2.05, 4.69) is 10.6 Å². The third-order valence-electron chi connectivity index (χ3n) is 3.80. The van der Waals surface area contributed by atoms with Crippen LogP contribution in [0.2, 0.25) is 0 Å². The second-order valence-corrected chi connectivity index (χ2v) is 6.80. The molecular formula is C20H23FN2O4S. The molecule has 2 aromatic rings. The summed E-state index contributed by atoms with van der Waals surface area (Å²) in [6.07, 6.45) is 0.643. The number of amides is 2. The minimum Gasteiger partial charge on any atom is -0.493 e. The van der Waals surface area contributed by atoms with E-state index in [1.54, 1.807) is 26.4 Å². The van der Waals surface area contributed by atoms with E-state index in [1.165, 1.54) is 23.9 Å². The van der Waals surface area contributed by atoms with Crippen LogP contribution in [0.25, 0.3) is 0 Å².